The first kappa shape index (κ1) is 19.0. The van der Waals surface area contributed by atoms with Gasteiger partial charge in [0.2, 0.25) is 0 Å². The van der Waals surface area contributed by atoms with E-state index < -0.39 is 6.16 Å². The van der Waals surface area contributed by atoms with Gasteiger partial charge in [-0.05, 0) is 38.0 Å². The molecule has 0 amide bonds. The van der Waals surface area contributed by atoms with Gasteiger partial charge in [0.05, 0.1) is 17.8 Å². The Hall–Kier alpha value is -2.36. The van der Waals surface area contributed by atoms with Crippen molar-refractivity contribution in [3.63, 3.8) is 0 Å². The second kappa shape index (κ2) is 10.5. The topological polar surface area (TPSA) is 48.4 Å². The lowest BCUT2D eigenvalue weighted by molar-refractivity contribution is 0.105. The minimum Gasteiger partial charge on any atom is -0.434 e. The Morgan fingerprint density at radius 3 is 2.72 bits per heavy atom. The Balaban J connectivity index is 2.08. The van der Waals surface area contributed by atoms with Gasteiger partial charge in [0.1, 0.15) is 5.75 Å². The van der Waals surface area contributed by atoms with Crippen LogP contribution in [-0.4, -0.2) is 17.7 Å². The molecule has 0 aliphatic carbocycles. The fourth-order valence-corrected chi connectivity index (χ4v) is 2.64. The first-order valence-corrected chi connectivity index (χ1v) is 9.15. The Morgan fingerprint density at radius 2 is 1.92 bits per heavy atom. The van der Waals surface area contributed by atoms with Crippen molar-refractivity contribution in [1.82, 2.24) is 4.98 Å². The van der Waals surface area contributed by atoms with Crippen LogP contribution in [0.2, 0.25) is 0 Å². The number of carbonyl (C=O) groups is 1. The molecule has 1 heterocycles. The number of hydrogen-bond acceptors (Lipinski definition) is 4. The van der Waals surface area contributed by atoms with Crippen molar-refractivity contribution >= 4 is 23.1 Å². The third-order valence-corrected chi connectivity index (χ3v) is 3.92. The second-order valence-electron chi connectivity index (χ2n) is 5.95. The molecule has 0 bridgehead atoms. The molecule has 4 nitrogen and oxygen atoms in total. The Bertz CT molecular complexity index is 709. The number of allylic oxidation sites excluding steroid dienone is 1. The number of hydrogen-bond donors (Lipinski definition) is 0. The maximum atomic E-state index is 11.7. The standard InChI is InChI=1S/C21H27NO3/c1-3-5-6-7-8-9-10-13-17-16-20(25-21(23)24-4-2)18-14-11-12-15-19(18)22-17/h10-16H,3-9H2,1-2H3. The summed E-state index contributed by atoms with van der Waals surface area (Å²) < 4.78 is 10.2. The number of benzene rings is 1. The molecular formula is C21H27NO3. The highest BCUT2D eigenvalue weighted by Gasteiger charge is 2.10. The molecular weight excluding hydrogens is 314 g/mol. The lowest BCUT2D eigenvalue weighted by atomic mass is 10.1. The van der Waals surface area contributed by atoms with Crippen LogP contribution in [0.4, 0.5) is 4.79 Å². The van der Waals surface area contributed by atoms with Crippen LogP contribution < -0.4 is 4.74 Å². The van der Waals surface area contributed by atoms with Crippen LogP contribution in [0.1, 0.15) is 58.1 Å². The van der Waals surface area contributed by atoms with Crippen molar-refractivity contribution < 1.29 is 14.3 Å². The van der Waals surface area contributed by atoms with Crippen LogP contribution in [-0.2, 0) is 4.74 Å². The molecule has 134 valence electrons. The summed E-state index contributed by atoms with van der Waals surface area (Å²) in [5.41, 5.74) is 1.58. The van der Waals surface area contributed by atoms with E-state index in [0.717, 1.165) is 23.0 Å². The maximum Gasteiger partial charge on any atom is 0.513 e. The summed E-state index contributed by atoms with van der Waals surface area (Å²) in [7, 11) is 0. The number of fused-ring (bicyclic) bond motifs is 1. The summed E-state index contributed by atoms with van der Waals surface area (Å²) in [6.07, 6.45) is 10.8. The molecule has 0 aliphatic rings. The Kier molecular flexibility index (Phi) is 7.96. The summed E-state index contributed by atoms with van der Waals surface area (Å²) in [5, 5.41) is 0.798. The zero-order valence-corrected chi connectivity index (χ0v) is 15.2. The summed E-state index contributed by atoms with van der Waals surface area (Å²) in [4.78, 5) is 16.3. The van der Waals surface area contributed by atoms with Crippen molar-refractivity contribution in [2.75, 3.05) is 6.61 Å². The van der Waals surface area contributed by atoms with Crippen LogP contribution >= 0.6 is 0 Å². The van der Waals surface area contributed by atoms with Gasteiger partial charge in [-0.25, -0.2) is 9.78 Å². The average Bonchev–Trinajstić information content (AvgIpc) is 2.61. The molecule has 1 aromatic carbocycles. The van der Waals surface area contributed by atoms with Crippen molar-refractivity contribution in [3.05, 3.63) is 42.1 Å². The largest absolute Gasteiger partial charge is 0.513 e. The molecule has 25 heavy (non-hydrogen) atoms. The summed E-state index contributed by atoms with van der Waals surface area (Å²) >= 11 is 0. The molecule has 0 fully saturated rings. The molecule has 0 saturated carbocycles. The van der Waals surface area contributed by atoms with Gasteiger partial charge in [-0.15, -0.1) is 0 Å². The third-order valence-electron chi connectivity index (χ3n) is 3.92. The minimum atomic E-state index is -0.690. The minimum absolute atomic E-state index is 0.284. The highest BCUT2D eigenvalue weighted by molar-refractivity contribution is 5.88. The smallest absolute Gasteiger partial charge is 0.434 e. The van der Waals surface area contributed by atoms with E-state index in [0.29, 0.717) is 5.75 Å². The third kappa shape index (κ3) is 6.22. The highest BCUT2D eigenvalue weighted by atomic mass is 16.7. The molecule has 0 radical (unpaired) electrons. The zero-order valence-electron chi connectivity index (χ0n) is 15.2. The number of ether oxygens (including phenoxy) is 2. The van der Waals surface area contributed by atoms with Gasteiger partial charge in [-0.3, -0.25) is 0 Å². The number of para-hydroxylation sites is 1. The van der Waals surface area contributed by atoms with E-state index in [9.17, 15) is 4.79 Å². The number of rotatable bonds is 9. The van der Waals surface area contributed by atoms with Gasteiger partial charge in [0.15, 0.2) is 0 Å². The van der Waals surface area contributed by atoms with Crippen molar-refractivity contribution in [1.29, 1.82) is 0 Å². The molecule has 1 aromatic heterocycles. The lowest BCUT2D eigenvalue weighted by Crippen LogP contribution is -2.10. The fraction of sp³-hybridized carbons (Fsp3) is 0.429. The van der Waals surface area contributed by atoms with E-state index in [1.54, 1.807) is 13.0 Å². The monoisotopic (exact) mass is 341 g/mol. The number of carbonyl (C=O) groups excluding carboxylic acids is 1. The van der Waals surface area contributed by atoms with E-state index in [1.807, 2.05) is 30.3 Å². The average molecular weight is 341 g/mol. The number of pyridine rings is 1. The van der Waals surface area contributed by atoms with Gasteiger partial charge in [-0.2, -0.15) is 0 Å². The Labute approximate surface area is 149 Å². The van der Waals surface area contributed by atoms with Crippen LogP contribution in [0.5, 0.6) is 5.75 Å². The number of nitrogens with zero attached hydrogens (tertiary/aromatic N) is 1. The highest BCUT2D eigenvalue weighted by Crippen LogP contribution is 2.26. The first-order valence-electron chi connectivity index (χ1n) is 9.15. The van der Waals surface area contributed by atoms with Gasteiger partial charge < -0.3 is 9.47 Å². The van der Waals surface area contributed by atoms with E-state index >= 15 is 0 Å². The van der Waals surface area contributed by atoms with Crippen molar-refractivity contribution in [3.8, 4) is 5.75 Å². The molecule has 0 spiro atoms. The fourth-order valence-electron chi connectivity index (χ4n) is 2.64. The predicted molar refractivity (Wildman–Crippen MR) is 102 cm³/mol. The van der Waals surface area contributed by atoms with Gasteiger partial charge >= 0.3 is 6.16 Å². The summed E-state index contributed by atoms with van der Waals surface area (Å²) in [6.45, 7) is 4.26. The molecule has 0 N–H and O–H groups in total. The number of aromatic nitrogens is 1. The predicted octanol–water partition coefficient (Wildman–Crippen LogP) is 6.14. The van der Waals surface area contributed by atoms with E-state index in [4.69, 9.17) is 9.47 Å². The van der Waals surface area contributed by atoms with E-state index in [1.165, 1.54) is 32.1 Å². The Morgan fingerprint density at radius 1 is 1.12 bits per heavy atom. The van der Waals surface area contributed by atoms with Crippen LogP contribution in [0.15, 0.2) is 36.4 Å². The molecule has 0 unspecified atom stereocenters. The number of unbranched alkanes of at least 4 members (excludes halogenated alkanes) is 5. The molecule has 0 saturated heterocycles. The quantitative estimate of drug-likeness (QED) is 0.406. The van der Waals surface area contributed by atoms with Gasteiger partial charge in [0.25, 0.3) is 0 Å². The van der Waals surface area contributed by atoms with E-state index in [2.05, 4.69) is 18.0 Å². The SMILES string of the molecule is CCCCCCCC=Cc1cc(OC(=O)OCC)c2ccccc2n1. The second-order valence-corrected chi connectivity index (χ2v) is 5.95. The van der Waals surface area contributed by atoms with Crippen LogP contribution in [0, 0.1) is 0 Å². The van der Waals surface area contributed by atoms with Gasteiger partial charge in [0, 0.05) is 11.5 Å². The zero-order chi connectivity index (χ0) is 17.9. The maximum absolute atomic E-state index is 11.7. The molecule has 0 aliphatic heterocycles. The molecule has 4 heteroatoms. The van der Waals surface area contributed by atoms with E-state index in [-0.39, 0.29) is 6.61 Å². The van der Waals surface area contributed by atoms with Crippen LogP contribution in [0.25, 0.3) is 17.0 Å². The van der Waals surface area contributed by atoms with Gasteiger partial charge in [-0.1, -0.05) is 50.8 Å². The molecule has 2 aromatic rings. The van der Waals surface area contributed by atoms with Crippen molar-refractivity contribution in [2.24, 2.45) is 0 Å². The first-order chi connectivity index (χ1) is 12.2. The van der Waals surface area contributed by atoms with Crippen molar-refractivity contribution in [2.45, 2.75) is 52.4 Å². The lowest BCUT2D eigenvalue weighted by Gasteiger charge is -2.08. The normalized spacial score (nSPS) is 11.1. The molecule has 0 atom stereocenters. The summed E-state index contributed by atoms with van der Waals surface area (Å²) in [6, 6.07) is 9.40. The molecule has 2 rings (SSSR count). The summed E-state index contributed by atoms with van der Waals surface area (Å²) in [5.74, 6) is 0.478. The van der Waals surface area contributed by atoms with Crippen LogP contribution in [0.3, 0.4) is 0 Å².